The first-order valence-electron chi connectivity index (χ1n) is 5.48. The average molecular weight is 226 g/mol. The number of nitrogens with one attached hydrogen (secondary N) is 1. The van der Waals surface area contributed by atoms with E-state index in [-0.39, 0.29) is 0 Å². The van der Waals surface area contributed by atoms with Gasteiger partial charge in [0, 0.05) is 25.1 Å². The molecule has 0 aromatic carbocycles. The van der Waals surface area contributed by atoms with Crippen molar-refractivity contribution in [3.8, 4) is 0 Å². The highest BCUT2D eigenvalue weighted by Gasteiger charge is 2.16. The third-order valence-corrected chi connectivity index (χ3v) is 3.76. The van der Waals surface area contributed by atoms with Crippen LogP contribution in [0.3, 0.4) is 0 Å². The summed E-state index contributed by atoms with van der Waals surface area (Å²) in [6.45, 7) is 5.37. The number of anilines is 1. The number of hydrogen-bond acceptors (Lipinski definition) is 5. The van der Waals surface area contributed by atoms with Gasteiger partial charge in [-0.25, -0.2) is 4.98 Å². The second kappa shape index (κ2) is 4.90. The van der Waals surface area contributed by atoms with Gasteiger partial charge in [0.2, 0.25) is 5.13 Å². The number of piperidine rings is 1. The van der Waals surface area contributed by atoms with Gasteiger partial charge < -0.3 is 10.2 Å². The van der Waals surface area contributed by atoms with Crippen molar-refractivity contribution in [1.29, 1.82) is 0 Å². The van der Waals surface area contributed by atoms with Crippen molar-refractivity contribution in [2.24, 2.45) is 5.92 Å². The van der Waals surface area contributed by atoms with Crippen LogP contribution in [-0.4, -0.2) is 36.0 Å². The number of aromatic nitrogens is 2. The third kappa shape index (κ3) is 2.89. The summed E-state index contributed by atoms with van der Waals surface area (Å²) in [4.78, 5) is 6.63. The zero-order valence-electron chi connectivity index (χ0n) is 9.36. The van der Waals surface area contributed by atoms with Crippen LogP contribution in [0.4, 0.5) is 5.13 Å². The van der Waals surface area contributed by atoms with Crippen molar-refractivity contribution in [3.05, 3.63) is 5.82 Å². The predicted molar refractivity (Wildman–Crippen MR) is 63.5 cm³/mol. The van der Waals surface area contributed by atoms with Gasteiger partial charge in [0.05, 0.1) is 0 Å². The van der Waals surface area contributed by atoms with E-state index in [9.17, 15) is 0 Å². The maximum Gasteiger partial charge on any atom is 0.204 e. The maximum absolute atomic E-state index is 4.39. The van der Waals surface area contributed by atoms with Crippen LogP contribution in [0.1, 0.15) is 18.7 Å². The van der Waals surface area contributed by atoms with Gasteiger partial charge in [-0.3, -0.25) is 0 Å². The molecule has 2 rings (SSSR count). The Morgan fingerprint density at radius 3 is 2.80 bits per heavy atom. The van der Waals surface area contributed by atoms with Crippen LogP contribution < -0.4 is 10.2 Å². The van der Waals surface area contributed by atoms with Crippen LogP contribution in [0, 0.1) is 12.8 Å². The number of rotatable bonds is 3. The zero-order chi connectivity index (χ0) is 10.7. The topological polar surface area (TPSA) is 41.1 Å². The minimum atomic E-state index is 0.806. The molecule has 1 saturated heterocycles. The van der Waals surface area contributed by atoms with E-state index in [2.05, 4.69) is 26.6 Å². The molecule has 0 bridgehead atoms. The van der Waals surface area contributed by atoms with Crippen molar-refractivity contribution in [3.63, 3.8) is 0 Å². The van der Waals surface area contributed by atoms with E-state index in [1.54, 1.807) is 0 Å². The molecule has 1 aromatic rings. The Bertz CT molecular complexity index is 306. The molecular formula is C10H18N4S. The summed E-state index contributed by atoms with van der Waals surface area (Å²) in [5, 5.41) is 4.44. The molecule has 1 aliphatic heterocycles. The highest BCUT2D eigenvalue weighted by Crippen LogP contribution is 2.19. The molecule has 0 saturated carbocycles. The maximum atomic E-state index is 4.39. The van der Waals surface area contributed by atoms with Crippen molar-refractivity contribution < 1.29 is 0 Å². The first kappa shape index (κ1) is 10.8. The lowest BCUT2D eigenvalue weighted by Gasteiger charge is -2.26. The highest BCUT2D eigenvalue weighted by molar-refractivity contribution is 7.09. The van der Waals surface area contributed by atoms with Crippen LogP contribution in [0.15, 0.2) is 0 Å². The minimum absolute atomic E-state index is 0.806. The molecule has 0 atom stereocenters. The zero-order valence-corrected chi connectivity index (χ0v) is 10.2. The molecule has 0 unspecified atom stereocenters. The van der Waals surface area contributed by atoms with E-state index in [1.807, 2.05) is 6.92 Å². The smallest absolute Gasteiger partial charge is 0.204 e. The Hall–Kier alpha value is -0.680. The van der Waals surface area contributed by atoms with Gasteiger partial charge in [-0.1, -0.05) is 0 Å². The average Bonchev–Trinajstić information content (AvgIpc) is 2.66. The SMILES string of the molecule is Cc1nsc(N(C)CC2CCNCC2)n1. The third-order valence-electron chi connectivity index (χ3n) is 2.83. The number of hydrogen-bond donors (Lipinski definition) is 1. The Balaban J connectivity index is 1.88. The lowest BCUT2D eigenvalue weighted by Crippen LogP contribution is -2.34. The van der Waals surface area contributed by atoms with Crippen LogP contribution in [0.25, 0.3) is 0 Å². The number of nitrogens with zero attached hydrogens (tertiary/aromatic N) is 3. The van der Waals surface area contributed by atoms with Crippen LogP contribution >= 0.6 is 11.5 Å². The largest absolute Gasteiger partial charge is 0.350 e. The molecule has 1 N–H and O–H groups in total. The van der Waals surface area contributed by atoms with E-state index >= 15 is 0 Å². The van der Waals surface area contributed by atoms with Gasteiger partial charge >= 0.3 is 0 Å². The Kier molecular flexibility index (Phi) is 3.53. The summed E-state index contributed by atoms with van der Waals surface area (Å²) in [6, 6.07) is 0. The first-order valence-corrected chi connectivity index (χ1v) is 6.25. The fraction of sp³-hybridized carbons (Fsp3) is 0.800. The highest BCUT2D eigenvalue weighted by atomic mass is 32.1. The molecule has 1 fully saturated rings. The summed E-state index contributed by atoms with van der Waals surface area (Å²) < 4.78 is 4.21. The van der Waals surface area contributed by atoms with Gasteiger partial charge in [-0.2, -0.15) is 4.37 Å². The Morgan fingerprint density at radius 2 is 2.20 bits per heavy atom. The molecule has 0 amide bonds. The minimum Gasteiger partial charge on any atom is -0.350 e. The van der Waals surface area contributed by atoms with Crippen LogP contribution in [-0.2, 0) is 0 Å². The molecular weight excluding hydrogens is 208 g/mol. The first-order chi connectivity index (χ1) is 7.25. The Morgan fingerprint density at radius 1 is 1.47 bits per heavy atom. The van der Waals surface area contributed by atoms with Crippen molar-refractivity contribution in [2.75, 3.05) is 31.6 Å². The van der Waals surface area contributed by atoms with E-state index < -0.39 is 0 Å². The van der Waals surface area contributed by atoms with E-state index in [1.165, 1.54) is 24.4 Å². The second-order valence-electron chi connectivity index (χ2n) is 4.20. The molecule has 1 aromatic heterocycles. The van der Waals surface area contributed by atoms with Gasteiger partial charge in [-0.05, 0) is 38.8 Å². The fourth-order valence-corrected chi connectivity index (χ4v) is 2.61. The molecule has 4 nitrogen and oxygen atoms in total. The lowest BCUT2D eigenvalue weighted by atomic mass is 9.98. The summed E-state index contributed by atoms with van der Waals surface area (Å²) in [6.07, 6.45) is 2.56. The van der Waals surface area contributed by atoms with Gasteiger partial charge in [0.25, 0.3) is 0 Å². The van der Waals surface area contributed by atoms with Crippen molar-refractivity contribution in [1.82, 2.24) is 14.7 Å². The molecule has 0 radical (unpaired) electrons. The quantitative estimate of drug-likeness (QED) is 0.843. The number of aryl methyl sites for hydroxylation is 1. The standard InChI is InChI=1S/C10H18N4S/c1-8-12-10(15-13-8)14(2)7-9-3-5-11-6-4-9/h9,11H,3-7H2,1-2H3. The van der Waals surface area contributed by atoms with E-state index in [0.29, 0.717) is 0 Å². The van der Waals surface area contributed by atoms with Crippen LogP contribution in [0.5, 0.6) is 0 Å². The summed E-state index contributed by atoms with van der Waals surface area (Å²) >= 11 is 1.50. The summed E-state index contributed by atoms with van der Waals surface area (Å²) in [7, 11) is 2.11. The Labute approximate surface area is 94.9 Å². The summed E-state index contributed by atoms with van der Waals surface area (Å²) in [5.41, 5.74) is 0. The van der Waals surface area contributed by atoms with Crippen molar-refractivity contribution >= 4 is 16.7 Å². The van der Waals surface area contributed by atoms with Gasteiger partial charge in [-0.15, -0.1) is 0 Å². The normalized spacial score (nSPS) is 18.0. The predicted octanol–water partition coefficient (Wildman–Crippen LogP) is 1.28. The fourth-order valence-electron chi connectivity index (χ4n) is 1.97. The van der Waals surface area contributed by atoms with E-state index in [4.69, 9.17) is 0 Å². The summed E-state index contributed by atoms with van der Waals surface area (Å²) in [5.74, 6) is 1.69. The molecule has 1 aliphatic rings. The van der Waals surface area contributed by atoms with Crippen molar-refractivity contribution in [2.45, 2.75) is 19.8 Å². The molecule has 84 valence electrons. The van der Waals surface area contributed by atoms with Crippen LogP contribution in [0.2, 0.25) is 0 Å². The molecule has 0 spiro atoms. The monoisotopic (exact) mass is 226 g/mol. The van der Waals surface area contributed by atoms with Gasteiger partial charge in [0.1, 0.15) is 5.82 Å². The molecule has 5 heteroatoms. The molecule has 0 aliphatic carbocycles. The molecule has 2 heterocycles. The van der Waals surface area contributed by atoms with E-state index in [0.717, 1.165) is 36.5 Å². The van der Waals surface area contributed by atoms with Gasteiger partial charge in [0.15, 0.2) is 0 Å². The second-order valence-corrected chi connectivity index (χ2v) is 4.93. The lowest BCUT2D eigenvalue weighted by molar-refractivity contribution is 0.378. The molecule has 15 heavy (non-hydrogen) atoms.